The van der Waals surface area contributed by atoms with Crippen LogP contribution in [0.15, 0.2) is 48.5 Å². The van der Waals surface area contributed by atoms with Gasteiger partial charge in [0.05, 0.1) is 16.4 Å². The largest absolute Gasteiger partial charge is 0.451 e. The molecule has 1 amide bonds. The van der Waals surface area contributed by atoms with Crippen molar-refractivity contribution < 1.29 is 14.3 Å². The maximum atomic E-state index is 12.5. The number of esters is 1. The molecule has 2 aromatic heterocycles. The van der Waals surface area contributed by atoms with Gasteiger partial charge in [-0.25, -0.2) is 9.48 Å². The van der Waals surface area contributed by atoms with Crippen LogP contribution in [-0.2, 0) is 9.53 Å². The number of nitrogens with zero attached hydrogens (tertiary/aromatic N) is 2. The molecule has 1 N–H and O–H groups in total. The number of fused-ring (bicyclic) bond motifs is 1. The van der Waals surface area contributed by atoms with E-state index in [9.17, 15) is 9.59 Å². The Bertz CT molecular complexity index is 1310. The molecule has 2 aromatic carbocycles. The quantitative estimate of drug-likeness (QED) is 0.371. The second-order valence-corrected chi connectivity index (χ2v) is 8.74. The lowest BCUT2D eigenvalue weighted by Crippen LogP contribution is -2.21. The fourth-order valence-corrected chi connectivity index (χ4v) is 4.51. The third-order valence-corrected chi connectivity index (χ3v) is 6.28. The monoisotopic (exact) mass is 473 g/mol. The van der Waals surface area contributed by atoms with Gasteiger partial charge >= 0.3 is 5.97 Å². The van der Waals surface area contributed by atoms with Crippen molar-refractivity contribution in [3.05, 3.63) is 74.7 Å². The number of amides is 1. The molecule has 4 aromatic rings. The molecule has 31 heavy (non-hydrogen) atoms. The summed E-state index contributed by atoms with van der Waals surface area (Å²) in [7, 11) is 0. The third kappa shape index (κ3) is 4.44. The average molecular weight is 474 g/mol. The first-order valence-electron chi connectivity index (χ1n) is 9.30. The number of thiophene rings is 1. The number of anilines is 1. The van der Waals surface area contributed by atoms with Crippen molar-refractivity contribution in [1.82, 2.24) is 9.78 Å². The van der Waals surface area contributed by atoms with Gasteiger partial charge in [0.15, 0.2) is 6.61 Å². The van der Waals surface area contributed by atoms with Crippen LogP contribution in [0.3, 0.4) is 0 Å². The van der Waals surface area contributed by atoms with Crippen LogP contribution in [0.2, 0.25) is 10.0 Å². The van der Waals surface area contributed by atoms with Crippen molar-refractivity contribution in [2.75, 3.05) is 11.9 Å². The zero-order chi connectivity index (χ0) is 22.1. The first-order valence-corrected chi connectivity index (χ1v) is 10.9. The number of aromatic nitrogens is 2. The molecule has 0 aliphatic rings. The molecule has 0 unspecified atom stereocenters. The highest BCUT2D eigenvalue weighted by atomic mass is 35.5. The fraction of sp³-hybridized carbons (Fsp3) is 0.136. The van der Waals surface area contributed by atoms with Gasteiger partial charge in [-0.1, -0.05) is 41.4 Å². The van der Waals surface area contributed by atoms with Crippen LogP contribution in [0.4, 0.5) is 5.69 Å². The number of halogens is 2. The summed E-state index contributed by atoms with van der Waals surface area (Å²) in [5.74, 6) is -1.03. The molecule has 158 valence electrons. The Morgan fingerprint density at radius 3 is 2.68 bits per heavy atom. The Balaban J connectivity index is 1.50. The molecule has 0 radical (unpaired) electrons. The molecule has 0 bridgehead atoms. The van der Waals surface area contributed by atoms with Crippen LogP contribution in [0.5, 0.6) is 0 Å². The standard InChI is InChI=1S/C22H17Cl2N3O3S/c1-12-7-8-14(23)9-17(12)25-20(28)11-30-22(29)19-10-15-13(2)26-27(21(15)31-19)18-6-4-3-5-16(18)24/h3-10H,11H2,1-2H3,(H,25,28). The molecule has 0 aliphatic heterocycles. The van der Waals surface area contributed by atoms with Crippen molar-refractivity contribution >= 4 is 62.3 Å². The Labute approximate surface area is 192 Å². The number of hydrogen-bond donors (Lipinski definition) is 1. The van der Waals surface area contributed by atoms with Gasteiger partial charge in [-0.2, -0.15) is 5.10 Å². The number of ether oxygens (including phenoxy) is 1. The Morgan fingerprint density at radius 2 is 1.90 bits per heavy atom. The number of para-hydroxylation sites is 1. The summed E-state index contributed by atoms with van der Waals surface area (Å²) in [4.78, 5) is 25.9. The summed E-state index contributed by atoms with van der Waals surface area (Å²) in [5.41, 5.74) is 2.92. The molecular weight excluding hydrogens is 457 g/mol. The van der Waals surface area contributed by atoms with Gasteiger partial charge in [-0.05, 0) is 49.7 Å². The first-order chi connectivity index (χ1) is 14.8. The molecule has 0 aliphatic carbocycles. The molecule has 2 heterocycles. The van der Waals surface area contributed by atoms with Gasteiger partial charge in [0.2, 0.25) is 0 Å². The molecule has 0 fully saturated rings. The summed E-state index contributed by atoms with van der Waals surface area (Å²) in [6.07, 6.45) is 0. The summed E-state index contributed by atoms with van der Waals surface area (Å²) >= 11 is 13.5. The number of aryl methyl sites for hydroxylation is 2. The van der Waals surface area contributed by atoms with Crippen molar-refractivity contribution in [1.29, 1.82) is 0 Å². The van der Waals surface area contributed by atoms with Gasteiger partial charge in [-0.15, -0.1) is 11.3 Å². The highest BCUT2D eigenvalue weighted by molar-refractivity contribution is 7.20. The van der Waals surface area contributed by atoms with Crippen molar-refractivity contribution in [3.8, 4) is 5.69 Å². The molecule has 0 spiro atoms. The van der Waals surface area contributed by atoms with E-state index < -0.39 is 18.5 Å². The number of nitrogens with one attached hydrogen (secondary N) is 1. The number of carbonyl (C=O) groups is 2. The summed E-state index contributed by atoms with van der Waals surface area (Å²) in [6, 6.07) is 14.2. The molecule has 0 saturated carbocycles. The van der Waals surface area contributed by atoms with E-state index >= 15 is 0 Å². The van der Waals surface area contributed by atoms with Crippen molar-refractivity contribution in [3.63, 3.8) is 0 Å². The van der Waals surface area contributed by atoms with E-state index in [-0.39, 0.29) is 0 Å². The molecule has 4 rings (SSSR count). The van der Waals surface area contributed by atoms with Crippen LogP contribution in [-0.4, -0.2) is 28.3 Å². The van der Waals surface area contributed by atoms with Crippen molar-refractivity contribution in [2.24, 2.45) is 0 Å². The zero-order valence-corrected chi connectivity index (χ0v) is 18.9. The van der Waals surface area contributed by atoms with E-state index in [1.54, 1.807) is 35.0 Å². The predicted molar refractivity (Wildman–Crippen MR) is 124 cm³/mol. The maximum Gasteiger partial charge on any atom is 0.348 e. The lowest BCUT2D eigenvalue weighted by Gasteiger charge is -2.09. The number of benzene rings is 2. The second-order valence-electron chi connectivity index (χ2n) is 6.86. The van der Waals surface area contributed by atoms with E-state index in [1.807, 2.05) is 32.0 Å². The van der Waals surface area contributed by atoms with E-state index in [2.05, 4.69) is 10.4 Å². The highest BCUT2D eigenvalue weighted by Gasteiger charge is 2.20. The maximum absolute atomic E-state index is 12.5. The van der Waals surface area contributed by atoms with Gasteiger partial charge in [0, 0.05) is 16.1 Å². The molecule has 9 heteroatoms. The lowest BCUT2D eigenvalue weighted by atomic mass is 10.2. The van der Waals surface area contributed by atoms with Gasteiger partial charge in [0.1, 0.15) is 9.71 Å². The van der Waals surface area contributed by atoms with E-state index in [0.29, 0.717) is 20.6 Å². The number of carbonyl (C=O) groups excluding carboxylic acids is 2. The van der Waals surface area contributed by atoms with Gasteiger partial charge in [0.25, 0.3) is 5.91 Å². The second kappa shape index (κ2) is 8.70. The lowest BCUT2D eigenvalue weighted by molar-refractivity contribution is -0.119. The Kier molecular flexibility index (Phi) is 6.00. The van der Waals surface area contributed by atoms with Crippen molar-refractivity contribution in [2.45, 2.75) is 13.8 Å². The van der Waals surface area contributed by atoms with Gasteiger partial charge < -0.3 is 10.1 Å². The highest BCUT2D eigenvalue weighted by Crippen LogP contribution is 2.32. The minimum Gasteiger partial charge on any atom is -0.451 e. The summed E-state index contributed by atoms with van der Waals surface area (Å²) < 4.78 is 6.92. The predicted octanol–water partition coefficient (Wildman–Crippen LogP) is 5.81. The normalized spacial score (nSPS) is 11.0. The Hall–Kier alpha value is -2.87. The third-order valence-electron chi connectivity index (χ3n) is 4.63. The summed E-state index contributed by atoms with van der Waals surface area (Å²) in [6.45, 7) is 3.30. The minimum absolute atomic E-state index is 0.378. The Morgan fingerprint density at radius 1 is 1.13 bits per heavy atom. The molecule has 6 nitrogen and oxygen atoms in total. The average Bonchev–Trinajstić information content (AvgIpc) is 3.30. The van der Waals surface area contributed by atoms with Crippen LogP contribution in [0.25, 0.3) is 15.9 Å². The van der Waals surface area contributed by atoms with E-state index in [4.69, 9.17) is 27.9 Å². The SMILES string of the molecule is Cc1ccc(Cl)cc1NC(=O)COC(=O)c1cc2c(C)nn(-c3ccccc3Cl)c2s1. The molecular formula is C22H17Cl2N3O3S. The van der Waals surface area contributed by atoms with E-state index in [0.717, 1.165) is 27.2 Å². The topological polar surface area (TPSA) is 73.2 Å². The summed E-state index contributed by atoms with van der Waals surface area (Å²) in [5, 5.41) is 9.12. The van der Waals surface area contributed by atoms with Crippen LogP contribution in [0, 0.1) is 13.8 Å². The zero-order valence-electron chi connectivity index (χ0n) is 16.6. The smallest absolute Gasteiger partial charge is 0.348 e. The van der Waals surface area contributed by atoms with Crippen LogP contribution in [0.1, 0.15) is 20.9 Å². The van der Waals surface area contributed by atoms with E-state index in [1.165, 1.54) is 11.3 Å². The number of hydrogen-bond acceptors (Lipinski definition) is 5. The minimum atomic E-state index is -0.579. The van der Waals surface area contributed by atoms with Crippen LogP contribution >= 0.6 is 34.5 Å². The van der Waals surface area contributed by atoms with Crippen LogP contribution < -0.4 is 5.32 Å². The van der Waals surface area contributed by atoms with Gasteiger partial charge in [-0.3, -0.25) is 4.79 Å². The first kappa shape index (κ1) is 21.4. The fourth-order valence-electron chi connectivity index (χ4n) is 3.05. The number of rotatable bonds is 5. The molecule has 0 saturated heterocycles. The molecule has 0 atom stereocenters.